The molecule has 5 nitrogen and oxygen atoms in total. The zero-order chi connectivity index (χ0) is 25.8. The third-order valence-corrected chi connectivity index (χ3v) is 6.93. The van der Waals surface area contributed by atoms with Gasteiger partial charge in [-0.1, -0.05) is 43.3 Å². The average molecular weight is 506 g/mol. The summed E-state index contributed by atoms with van der Waals surface area (Å²) in [5.41, 5.74) is 1.14. The Kier molecular flexibility index (Phi) is 7.90. The van der Waals surface area contributed by atoms with Gasteiger partial charge in [-0.25, -0.2) is 0 Å². The molecule has 35 heavy (non-hydrogen) atoms. The molecule has 0 radical (unpaired) electrons. The lowest BCUT2D eigenvalue weighted by Gasteiger charge is -2.29. The topological polar surface area (TPSA) is 63.7 Å². The van der Waals surface area contributed by atoms with Gasteiger partial charge in [-0.2, -0.15) is 21.6 Å². The van der Waals surface area contributed by atoms with Gasteiger partial charge in [-0.15, -0.1) is 0 Å². The van der Waals surface area contributed by atoms with Gasteiger partial charge < -0.3 is 9.08 Å². The smallest absolute Gasteiger partial charge is 0.379 e. The monoisotopic (exact) mass is 505 g/mol. The van der Waals surface area contributed by atoms with E-state index in [4.69, 9.17) is 4.18 Å². The molecule has 9 heteroatoms. The standard InChI is InChI=1S/C26H26F3NO4S/c1-4-19(3)30(25(31)24-11-6-5-8-18(24)2)17-20-12-14-22(15-13-20)34-35(32,33)23-10-7-9-21(16-23)26(27,28)29/h5-16,19H,4,17H2,1-3H3. The van der Waals surface area contributed by atoms with E-state index in [2.05, 4.69) is 0 Å². The van der Waals surface area contributed by atoms with Crippen molar-refractivity contribution in [2.75, 3.05) is 0 Å². The predicted molar refractivity (Wildman–Crippen MR) is 127 cm³/mol. The van der Waals surface area contributed by atoms with E-state index in [1.807, 2.05) is 39.0 Å². The van der Waals surface area contributed by atoms with Crippen LogP contribution in [0.15, 0.2) is 77.7 Å². The summed E-state index contributed by atoms with van der Waals surface area (Å²) in [6.45, 7) is 6.11. The maximum absolute atomic E-state index is 13.2. The second-order valence-corrected chi connectivity index (χ2v) is 9.76. The SMILES string of the molecule is CCC(C)N(Cc1ccc(OS(=O)(=O)c2cccc(C(F)(F)F)c2)cc1)C(=O)c1ccccc1C. The van der Waals surface area contributed by atoms with Crippen LogP contribution in [0.1, 0.15) is 47.3 Å². The van der Waals surface area contributed by atoms with E-state index in [-0.39, 0.29) is 17.7 Å². The maximum atomic E-state index is 13.2. The summed E-state index contributed by atoms with van der Waals surface area (Å²) in [5, 5.41) is 0. The minimum atomic E-state index is -4.68. The number of benzene rings is 3. The molecule has 3 aromatic carbocycles. The van der Waals surface area contributed by atoms with Gasteiger partial charge >= 0.3 is 16.3 Å². The van der Waals surface area contributed by atoms with Crippen LogP contribution in [0.2, 0.25) is 0 Å². The highest BCUT2D eigenvalue weighted by Crippen LogP contribution is 2.31. The Bertz CT molecular complexity index is 1290. The van der Waals surface area contributed by atoms with Crippen molar-refractivity contribution in [2.45, 2.75) is 50.9 Å². The molecule has 0 aliphatic heterocycles. The fraction of sp³-hybridized carbons (Fsp3) is 0.269. The van der Waals surface area contributed by atoms with Crippen molar-refractivity contribution in [1.82, 2.24) is 4.90 Å². The number of carbonyl (C=O) groups excluding carboxylic acids is 1. The molecule has 3 aromatic rings. The van der Waals surface area contributed by atoms with Crippen LogP contribution < -0.4 is 4.18 Å². The van der Waals surface area contributed by atoms with Crippen molar-refractivity contribution >= 4 is 16.0 Å². The molecule has 0 bridgehead atoms. The fourth-order valence-electron chi connectivity index (χ4n) is 3.47. The normalized spacial score (nSPS) is 12.7. The molecule has 0 spiro atoms. The quantitative estimate of drug-likeness (QED) is 0.341. The van der Waals surface area contributed by atoms with Gasteiger partial charge in [0, 0.05) is 18.2 Å². The lowest BCUT2D eigenvalue weighted by Crippen LogP contribution is -2.38. The average Bonchev–Trinajstić information content (AvgIpc) is 2.82. The van der Waals surface area contributed by atoms with Crippen LogP contribution in [0.25, 0.3) is 0 Å². The number of hydrogen-bond donors (Lipinski definition) is 0. The van der Waals surface area contributed by atoms with Crippen LogP contribution in [0.3, 0.4) is 0 Å². The van der Waals surface area contributed by atoms with E-state index in [0.29, 0.717) is 18.2 Å². The highest BCUT2D eigenvalue weighted by Gasteiger charge is 2.32. The largest absolute Gasteiger partial charge is 0.416 e. The Balaban J connectivity index is 1.79. The summed E-state index contributed by atoms with van der Waals surface area (Å²) >= 11 is 0. The summed E-state index contributed by atoms with van der Waals surface area (Å²) < 4.78 is 68.9. The lowest BCUT2D eigenvalue weighted by molar-refractivity contribution is -0.137. The first-order valence-electron chi connectivity index (χ1n) is 11.0. The van der Waals surface area contributed by atoms with Gasteiger partial charge in [0.1, 0.15) is 10.6 Å². The minimum Gasteiger partial charge on any atom is -0.379 e. The van der Waals surface area contributed by atoms with Gasteiger partial charge in [0.2, 0.25) is 0 Å². The second-order valence-electron chi connectivity index (χ2n) is 8.21. The zero-order valence-electron chi connectivity index (χ0n) is 19.5. The number of hydrogen-bond acceptors (Lipinski definition) is 4. The molecular formula is C26H26F3NO4S. The first-order chi connectivity index (χ1) is 16.4. The third-order valence-electron chi connectivity index (χ3n) is 5.69. The first-order valence-corrected chi connectivity index (χ1v) is 12.4. The van der Waals surface area contributed by atoms with Crippen molar-refractivity contribution in [1.29, 1.82) is 0 Å². The number of carbonyl (C=O) groups is 1. The van der Waals surface area contributed by atoms with E-state index >= 15 is 0 Å². The number of amides is 1. The number of halogens is 3. The van der Waals surface area contributed by atoms with Crippen molar-refractivity contribution in [3.63, 3.8) is 0 Å². The Labute approximate surface area is 203 Å². The molecule has 3 rings (SSSR count). The molecule has 0 saturated carbocycles. The van der Waals surface area contributed by atoms with E-state index in [9.17, 15) is 26.4 Å². The zero-order valence-corrected chi connectivity index (χ0v) is 20.4. The minimum absolute atomic E-state index is 0.0423. The van der Waals surface area contributed by atoms with Crippen LogP contribution in [0, 0.1) is 6.92 Å². The van der Waals surface area contributed by atoms with Crippen molar-refractivity contribution in [2.24, 2.45) is 0 Å². The van der Waals surface area contributed by atoms with Crippen molar-refractivity contribution in [3.8, 4) is 5.75 Å². The van der Waals surface area contributed by atoms with E-state index in [1.54, 1.807) is 23.1 Å². The van der Waals surface area contributed by atoms with E-state index in [0.717, 1.165) is 35.7 Å². The summed E-state index contributed by atoms with van der Waals surface area (Å²) in [7, 11) is -4.47. The molecule has 0 aromatic heterocycles. The molecule has 0 aliphatic carbocycles. The van der Waals surface area contributed by atoms with Crippen molar-refractivity contribution in [3.05, 3.63) is 95.1 Å². The molecule has 0 heterocycles. The summed E-state index contributed by atoms with van der Waals surface area (Å²) in [6.07, 6.45) is -3.93. The van der Waals surface area contributed by atoms with Crippen LogP contribution >= 0.6 is 0 Å². The number of rotatable bonds is 8. The summed E-state index contributed by atoms with van der Waals surface area (Å²) in [5.74, 6) is -0.156. The third kappa shape index (κ3) is 6.42. The molecule has 1 amide bonds. The molecule has 0 N–H and O–H groups in total. The molecular weight excluding hydrogens is 479 g/mol. The maximum Gasteiger partial charge on any atom is 0.416 e. The Morgan fingerprint density at radius 3 is 2.26 bits per heavy atom. The summed E-state index contributed by atoms with van der Waals surface area (Å²) in [6, 6.07) is 16.7. The van der Waals surface area contributed by atoms with Crippen LogP contribution in [-0.4, -0.2) is 25.3 Å². The van der Waals surface area contributed by atoms with Crippen molar-refractivity contribution < 1.29 is 30.6 Å². The van der Waals surface area contributed by atoms with E-state index < -0.39 is 26.8 Å². The Morgan fingerprint density at radius 2 is 1.66 bits per heavy atom. The predicted octanol–water partition coefficient (Wildman–Crippen LogP) is 6.22. The molecule has 0 aliphatic rings. The van der Waals surface area contributed by atoms with Crippen LogP contribution in [0.5, 0.6) is 5.75 Å². The highest BCUT2D eigenvalue weighted by molar-refractivity contribution is 7.87. The van der Waals surface area contributed by atoms with Gasteiger partial charge in [-0.3, -0.25) is 4.79 Å². The molecule has 0 fully saturated rings. The van der Waals surface area contributed by atoms with Gasteiger partial charge in [0.25, 0.3) is 5.91 Å². The van der Waals surface area contributed by atoms with Crippen LogP contribution in [-0.2, 0) is 22.8 Å². The number of aryl methyl sites for hydroxylation is 1. The van der Waals surface area contributed by atoms with Crippen LogP contribution in [0.4, 0.5) is 13.2 Å². The second kappa shape index (κ2) is 10.5. The summed E-state index contributed by atoms with van der Waals surface area (Å²) in [4.78, 5) is 14.4. The van der Waals surface area contributed by atoms with Gasteiger partial charge in [-0.05, 0) is 67.8 Å². The lowest BCUT2D eigenvalue weighted by atomic mass is 10.1. The van der Waals surface area contributed by atoms with Gasteiger partial charge in [0.15, 0.2) is 0 Å². The molecule has 0 saturated heterocycles. The van der Waals surface area contributed by atoms with Gasteiger partial charge in [0.05, 0.1) is 5.56 Å². The molecule has 1 unspecified atom stereocenters. The number of alkyl halides is 3. The number of nitrogens with zero attached hydrogens (tertiary/aromatic N) is 1. The highest BCUT2D eigenvalue weighted by atomic mass is 32.2. The first kappa shape index (κ1) is 26.3. The Hall–Kier alpha value is -3.33. The van der Waals surface area contributed by atoms with E-state index in [1.165, 1.54) is 12.1 Å². The Morgan fingerprint density at radius 1 is 1.00 bits per heavy atom. The fourth-order valence-corrected chi connectivity index (χ4v) is 4.44. The molecule has 1 atom stereocenters. The molecule has 186 valence electrons.